The fourth-order valence-electron chi connectivity index (χ4n) is 1.62. The highest BCUT2D eigenvalue weighted by atomic mass is 35.5. The summed E-state index contributed by atoms with van der Waals surface area (Å²) in [6, 6.07) is 12.0. The molecule has 0 spiro atoms. The predicted octanol–water partition coefficient (Wildman–Crippen LogP) is 3.67. The molecule has 0 aliphatic rings. The zero-order valence-corrected chi connectivity index (χ0v) is 11.4. The Labute approximate surface area is 120 Å². The monoisotopic (exact) mass is 295 g/mol. The molecule has 0 unspecified atom stereocenters. The van der Waals surface area contributed by atoms with Crippen molar-refractivity contribution in [2.45, 2.75) is 6.61 Å². The number of hydrogen-bond donors (Lipinski definition) is 1. The number of amides is 1. The molecular weight excluding hydrogens is 285 g/mol. The van der Waals surface area contributed by atoms with Crippen molar-refractivity contribution in [3.8, 4) is 5.75 Å². The number of para-hydroxylation sites is 1. The fourth-order valence-corrected chi connectivity index (χ4v) is 1.98. The third-order valence-corrected chi connectivity index (χ3v) is 3.10. The van der Waals surface area contributed by atoms with E-state index in [0.717, 1.165) is 0 Å². The summed E-state index contributed by atoms with van der Waals surface area (Å²) in [7, 11) is 0. The maximum Gasteiger partial charge on any atom is 0.249 e. The number of hydrogen-bond acceptors (Lipinski definition) is 2. The van der Waals surface area contributed by atoms with Crippen LogP contribution in [0.25, 0.3) is 0 Å². The molecule has 0 saturated carbocycles. The average Bonchev–Trinajstić information content (AvgIpc) is 2.38. The number of primary amides is 1. The molecule has 19 heavy (non-hydrogen) atoms. The Hall–Kier alpha value is -1.71. The molecule has 0 aliphatic heterocycles. The minimum absolute atomic E-state index is 0.194. The van der Waals surface area contributed by atoms with E-state index in [0.29, 0.717) is 26.9 Å². The minimum atomic E-state index is -0.541. The van der Waals surface area contributed by atoms with Gasteiger partial charge in [-0.05, 0) is 24.3 Å². The first-order valence-electron chi connectivity index (χ1n) is 5.53. The van der Waals surface area contributed by atoms with Gasteiger partial charge >= 0.3 is 0 Å². The van der Waals surface area contributed by atoms with Gasteiger partial charge in [-0.3, -0.25) is 4.79 Å². The van der Waals surface area contributed by atoms with Crippen molar-refractivity contribution in [2.75, 3.05) is 0 Å². The molecule has 0 aromatic heterocycles. The van der Waals surface area contributed by atoms with Crippen LogP contribution in [0.15, 0.2) is 42.5 Å². The van der Waals surface area contributed by atoms with Gasteiger partial charge in [-0.25, -0.2) is 0 Å². The molecule has 0 atom stereocenters. The number of nitrogens with two attached hydrogens (primary N) is 1. The van der Waals surface area contributed by atoms with Crippen molar-refractivity contribution in [3.05, 3.63) is 63.6 Å². The van der Waals surface area contributed by atoms with Crippen LogP contribution in [0.5, 0.6) is 5.75 Å². The summed E-state index contributed by atoms with van der Waals surface area (Å²) in [5.41, 5.74) is 6.31. The third kappa shape index (κ3) is 3.40. The summed E-state index contributed by atoms with van der Waals surface area (Å²) in [5, 5.41) is 0.965. The topological polar surface area (TPSA) is 52.3 Å². The molecular formula is C14H11Cl2NO2. The van der Waals surface area contributed by atoms with Crippen LogP contribution in [0.3, 0.4) is 0 Å². The molecule has 0 radical (unpaired) electrons. The number of halogens is 2. The van der Waals surface area contributed by atoms with Crippen molar-refractivity contribution in [2.24, 2.45) is 5.73 Å². The minimum Gasteiger partial charge on any atom is -0.487 e. The zero-order valence-electron chi connectivity index (χ0n) is 9.90. The van der Waals surface area contributed by atoms with Crippen LogP contribution in [0.1, 0.15) is 15.9 Å². The van der Waals surface area contributed by atoms with Gasteiger partial charge in [0.25, 0.3) is 0 Å². The lowest BCUT2D eigenvalue weighted by Gasteiger charge is -2.10. The molecule has 2 aromatic carbocycles. The van der Waals surface area contributed by atoms with Gasteiger partial charge in [0.1, 0.15) is 12.4 Å². The summed E-state index contributed by atoms with van der Waals surface area (Å²) in [6.45, 7) is 0.194. The summed E-state index contributed by atoms with van der Waals surface area (Å²) in [4.78, 5) is 11.3. The zero-order chi connectivity index (χ0) is 13.8. The van der Waals surface area contributed by atoms with Crippen LogP contribution in [0.2, 0.25) is 10.0 Å². The van der Waals surface area contributed by atoms with Gasteiger partial charge in [0.2, 0.25) is 5.91 Å². The summed E-state index contributed by atoms with van der Waals surface area (Å²) in [5.74, 6) is 0.00907. The van der Waals surface area contributed by atoms with Crippen LogP contribution >= 0.6 is 23.2 Å². The number of carbonyl (C=O) groups excluding carboxylic acids is 1. The van der Waals surface area contributed by atoms with E-state index in [4.69, 9.17) is 33.7 Å². The molecule has 0 bridgehead atoms. The van der Waals surface area contributed by atoms with E-state index in [9.17, 15) is 4.79 Å². The highest BCUT2D eigenvalue weighted by molar-refractivity contribution is 6.32. The van der Waals surface area contributed by atoms with Crippen molar-refractivity contribution < 1.29 is 9.53 Å². The summed E-state index contributed by atoms with van der Waals surface area (Å²) < 4.78 is 5.57. The maximum atomic E-state index is 11.3. The Balaban J connectivity index is 2.20. The van der Waals surface area contributed by atoms with Crippen molar-refractivity contribution in [3.63, 3.8) is 0 Å². The molecule has 2 aromatic rings. The predicted molar refractivity (Wildman–Crippen MR) is 75.8 cm³/mol. The van der Waals surface area contributed by atoms with Gasteiger partial charge in [0.05, 0.1) is 5.02 Å². The second-order valence-corrected chi connectivity index (χ2v) is 4.73. The summed E-state index contributed by atoms with van der Waals surface area (Å²) >= 11 is 11.8. The van der Waals surface area contributed by atoms with Crippen LogP contribution < -0.4 is 10.5 Å². The van der Waals surface area contributed by atoms with Gasteiger partial charge in [0, 0.05) is 16.1 Å². The fraction of sp³-hybridized carbons (Fsp3) is 0.0714. The van der Waals surface area contributed by atoms with E-state index in [1.54, 1.807) is 24.3 Å². The number of benzene rings is 2. The molecule has 1 amide bonds. The normalized spacial score (nSPS) is 10.2. The maximum absolute atomic E-state index is 11.3. The molecule has 0 fully saturated rings. The van der Waals surface area contributed by atoms with E-state index >= 15 is 0 Å². The van der Waals surface area contributed by atoms with E-state index in [1.165, 1.54) is 6.07 Å². The van der Waals surface area contributed by atoms with E-state index in [2.05, 4.69) is 0 Å². The number of rotatable bonds is 4. The van der Waals surface area contributed by atoms with E-state index < -0.39 is 5.91 Å². The second-order valence-electron chi connectivity index (χ2n) is 3.88. The van der Waals surface area contributed by atoms with Crippen molar-refractivity contribution in [1.82, 2.24) is 0 Å². The van der Waals surface area contributed by atoms with E-state index in [1.807, 2.05) is 12.1 Å². The molecule has 0 saturated heterocycles. The second kappa shape index (κ2) is 5.95. The lowest BCUT2D eigenvalue weighted by Crippen LogP contribution is -2.14. The Morgan fingerprint density at radius 3 is 2.58 bits per heavy atom. The van der Waals surface area contributed by atoms with Gasteiger partial charge < -0.3 is 10.5 Å². The summed E-state index contributed by atoms with van der Waals surface area (Å²) in [6.07, 6.45) is 0. The Morgan fingerprint density at radius 2 is 1.89 bits per heavy atom. The largest absolute Gasteiger partial charge is 0.487 e. The van der Waals surface area contributed by atoms with Gasteiger partial charge in [0.15, 0.2) is 0 Å². The third-order valence-electron chi connectivity index (χ3n) is 2.56. The van der Waals surface area contributed by atoms with Crippen molar-refractivity contribution >= 4 is 29.1 Å². The number of ether oxygens (including phenoxy) is 1. The van der Waals surface area contributed by atoms with Crippen LogP contribution in [0.4, 0.5) is 0 Å². The average molecular weight is 296 g/mol. The Bertz CT molecular complexity index is 614. The number of carbonyl (C=O) groups is 1. The van der Waals surface area contributed by atoms with Crippen LogP contribution in [-0.2, 0) is 6.61 Å². The quantitative estimate of drug-likeness (QED) is 0.935. The van der Waals surface area contributed by atoms with E-state index in [-0.39, 0.29) is 6.61 Å². The first-order chi connectivity index (χ1) is 9.08. The SMILES string of the molecule is NC(=O)c1cc(Cl)ccc1COc1ccccc1Cl. The molecule has 0 aliphatic carbocycles. The first-order valence-corrected chi connectivity index (χ1v) is 6.29. The Morgan fingerprint density at radius 1 is 1.16 bits per heavy atom. The Kier molecular flexibility index (Phi) is 4.30. The first kappa shape index (κ1) is 13.7. The van der Waals surface area contributed by atoms with Crippen molar-refractivity contribution in [1.29, 1.82) is 0 Å². The molecule has 3 nitrogen and oxygen atoms in total. The van der Waals surface area contributed by atoms with Crippen LogP contribution in [-0.4, -0.2) is 5.91 Å². The highest BCUT2D eigenvalue weighted by Gasteiger charge is 2.10. The lowest BCUT2D eigenvalue weighted by atomic mass is 10.1. The lowest BCUT2D eigenvalue weighted by molar-refractivity contribution is 0.0998. The van der Waals surface area contributed by atoms with Crippen LogP contribution in [0, 0.1) is 0 Å². The van der Waals surface area contributed by atoms with Gasteiger partial charge in [-0.1, -0.05) is 41.4 Å². The molecule has 5 heteroatoms. The smallest absolute Gasteiger partial charge is 0.249 e. The molecule has 2 N–H and O–H groups in total. The highest BCUT2D eigenvalue weighted by Crippen LogP contribution is 2.25. The standard InChI is InChI=1S/C14H11Cl2NO2/c15-10-6-5-9(11(7-10)14(17)18)8-19-13-4-2-1-3-12(13)16/h1-7H,8H2,(H2,17,18). The van der Waals surface area contributed by atoms with Gasteiger partial charge in [-0.2, -0.15) is 0 Å². The molecule has 2 rings (SSSR count). The molecule has 0 heterocycles. The van der Waals surface area contributed by atoms with Gasteiger partial charge in [-0.15, -0.1) is 0 Å². The molecule has 98 valence electrons.